The lowest BCUT2D eigenvalue weighted by atomic mass is 9.92. The molecule has 0 saturated carbocycles. The summed E-state index contributed by atoms with van der Waals surface area (Å²) in [6.45, 7) is 1.90. The third-order valence-corrected chi connectivity index (χ3v) is 4.69. The fraction of sp³-hybridized carbons (Fsp3) is 0.0455. The van der Waals surface area contributed by atoms with Gasteiger partial charge in [-0.2, -0.15) is 0 Å². The molecule has 3 aromatic carbocycles. The molecule has 4 aromatic rings. The van der Waals surface area contributed by atoms with Crippen LogP contribution in [-0.4, -0.2) is 4.98 Å². The summed E-state index contributed by atoms with van der Waals surface area (Å²) in [5, 5.41) is 1.34. The Bertz CT molecular complexity index is 1130. The van der Waals surface area contributed by atoms with Crippen molar-refractivity contribution >= 4 is 34.9 Å². The van der Waals surface area contributed by atoms with Gasteiger partial charge in [0, 0.05) is 21.5 Å². The number of nitrogens with zero attached hydrogens (tertiary/aromatic N) is 1. The molecule has 0 unspecified atom stereocenters. The Kier molecular flexibility index (Phi) is 5.45. The highest BCUT2D eigenvalue weighted by Gasteiger charge is 2.17. The van der Waals surface area contributed by atoms with Crippen molar-refractivity contribution in [2.75, 3.05) is 0 Å². The van der Waals surface area contributed by atoms with Crippen molar-refractivity contribution in [2.24, 2.45) is 0 Å². The predicted molar refractivity (Wildman–Crippen MR) is 110 cm³/mol. The Balaban J connectivity index is 0.00000210. The minimum atomic E-state index is -0.312. The Hall–Kier alpha value is -2.49. The molecule has 0 amide bonds. The lowest BCUT2D eigenvalue weighted by Gasteiger charge is -2.16. The standard InChI is InChI=1S/C22H14ClF2N.ClH/c1-13-21(17-4-2-3-5-19(17)25)18-12-15(23)8-11-20(18)26-22(13)14-6-9-16(24)10-7-14;/h2-12H,1H3;1H. The normalized spacial score (nSPS) is 10.7. The van der Waals surface area contributed by atoms with Gasteiger partial charge in [-0.3, -0.25) is 0 Å². The lowest BCUT2D eigenvalue weighted by Crippen LogP contribution is -1.97. The lowest BCUT2D eigenvalue weighted by molar-refractivity contribution is 0.628. The molecule has 0 aliphatic carbocycles. The van der Waals surface area contributed by atoms with Crippen LogP contribution >= 0.6 is 24.0 Å². The number of hydrogen-bond acceptors (Lipinski definition) is 1. The van der Waals surface area contributed by atoms with Gasteiger partial charge in [0.15, 0.2) is 0 Å². The van der Waals surface area contributed by atoms with Gasteiger partial charge in [0.1, 0.15) is 11.6 Å². The van der Waals surface area contributed by atoms with Gasteiger partial charge in [-0.05, 0) is 66.6 Å². The summed E-state index contributed by atoms with van der Waals surface area (Å²) in [4.78, 5) is 4.73. The van der Waals surface area contributed by atoms with Crippen LogP contribution in [0.3, 0.4) is 0 Å². The second-order valence-corrected chi connectivity index (χ2v) is 6.55. The number of hydrogen-bond donors (Lipinski definition) is 0. The molecule has 0 aliphatic heterocycles. The van der Waals surface area contributed by atoms with Gasteiger partial charge in [-0.25, -0.2) is 13.8 Å². The molecule has 1 aromatic heterocycles. The third-order valence-electron chi connectivity index (χ3n) is 4.45. The van der Waals surface area contributed by atoms with E-state index in [0.29, 0.717) is 21.8 Å². The van der Waals surface area contributed by atoms with Crippen LogP contribution in [0.4, 0.5) is 8.78 Å². The zero-order valence-electron chi connectivity index (χ0n) is 14.3. The van der Waals surface area contributed by atoms with E-state index in [-0.39, 0.29) is 24.0 Å². The van der Waals surface area contributed by atoms with Gasteiger partial charge in [0.2, 0.25) is 0 Å². The molecular weight excluding hydrogens is 387 g/mol. The summed E-state index contributed by atoms with van der Waals surface area (Å²) in [5.74, 6) is -0.624. The number of fused-ring (bicyclic) bond motifs is 1. The highest BCUT2D eigenvalue weighted by atomic mass is 35.5. The molecule has 4 rings (SSSR count). The van der Waals surface area contributed by atoms with Crippen molar-refractivity contribution in [3.05, 3.63) is 89.0 Å². The molecule has 0 aliphatic rings. The summed E-state index contributed by atoms with van der Waals surface area (Å²) in [7, 11) is 0. The van der Waals surface area contributed by atoms with E-state index in [1.54, 1.807) is 42.5 Å². The van der Waals surface area contributed by atoms with Crippen molar-refractivity contribution in [3.8, 4) is 22.4 Å². The van der Waals surface area contributed by atoms with Crippen molar-refractivity contribution in [1.82, 2.24) is 4.98 Å². The average molecular weight is 402 g/mol. The van der Waals surface area contributed by atoms with Crippen LogP contribution in [0.1, 0.15) is 5.56 Å². The Morgan fingerprint density at radius 1 is 0.889 bits per heavy atom. The van der Waals surface area contributed by atoms with Crippen molar-refractivity contribution < 1.29 is 8.78 Å². The van der Waals surface area contributed by atoms with E-state index in [4.69, 9.17) is 16.6 Å². The quantitative estimate of drug-likeness (QED) is 0.345. The molecule has 5 heteroatoms. The Labute approximate surface area is 167 Å². The van der Waals surface area contributed by atoms with E-state index in [1.807, 2.05) is 13.0 Å². The van der Waals surface area contributed by atoms with Crippen LogP contribution in [0.25, 0.3) is 33.3 Å². The third kappa shape index (κ3) is 3.53. The molecule has 0 bridgehead atoms. The van der Waals surface area contributed by atoms with Crippen LogP contribution in [0.15, 0.2) is 66.7 Å². The molecular formula is C22H15Cl2F2N. The molecule has 1 nitrogen and oxygen atoms in total. The van der Waals surface area contributed by atoms with Crippen LogP contribution < -0.4 is 0 Å². The summed E-state index contributed by atoms with van der Waals surface area (Å²) in [6, 6.07) is 18.1. The second kappa shape index (κ2) is 7.63. The molecule has 0 radical (unpaired) electrons. The molecule has 0 spiro atoms. The van der Waals surface area contributed by atoms with E-state index in [2.05, 4.69) is 0 Å². The summed E-state index contributed by atoms with van der Waals surface area (Å²) >= 11 is 6.18. The van der Waals surface area contributed by atoms with Gasteiger partial charge < -0.3 is 0 Å². The number of pyridine rings is 1. The van der Waals surface area contributed by atoms with Gasteiger partial charge >= 0.3 is 0 Å². The fourth-order valence-electron chi connectivity index (χ4n) is 3.23. The summed E-state index contributed by atoms with van der Waals surface area (Å²) in [5.41, 5.74) is 4.23. The largest absolute Gasteiger partial charge is 0.247 e. The van der Waals surface area contributed by atoms with E-state index in [0.717, 1.165) is 22.1 Å². The Morgan fingerprint density at radius 3 is 2.30 bits per heavy atom. The molecule has 0 saturated heterocycles. The van der Waals surface area contributed by atoms with Crippen LogP contribution in [0, 0.1) is 18.6 Å². The Morgan fingerprint density at radius 2 is 1.59 bits per heavy atom. The first-order valence-electron chi connectivity index (χ1n) is 8.15. The molecule has 27 heavy (non-hydrogen) atoms. The van der Waals surface area contributed by atoms with Crippen molar-refractivity contribution in [2.45, 2.75) is 6.92 Å². The zero-order valence-corrected chi connectivity index (χ0v) is 15.9. The zero-order chi connectivity index (χ0) is 18.3. The highest BCUT2D eigenvalue weighted by Crippen LogP contribution is 2.38. The van der Waals surface area contributed by atoms with Gasteiger partial charge in [0.05, 0.1) is 11.2 Å². The van der Waals surface area contributed by atoms with Gasteiger partial charge in [-0.1, -0.05) is 29.8 Å². The second-order valence-electron chi connectivity index (χ2n) is 6.11. The maximum atomic E-state index is 14.6. The average Bonchev–Trinajstić information content (AvgIpc) is 2.63. The predicted octanol–water partition coefficient (Wildman–Crippen LogP) is 7.23. The van der Waals surface area contributed by atoms with E-state index in [1.165, 1.54) is 18.2 Å². The molecule has 0 fully saturated rings. The van der Waals surface area contributed by atoms with E-state index >= 15 is 0 Å². The number of aromatic nitrogens is 1. The molecule has 136 valence electrons. The van der Waals surface area contributed by atoms with E-state index in [9.17, 15) is 8.78 Å². The first-order chi connectivity index (χ1) is 12.5. The van der Waals surface area contributed by atoms with Crippen molar-refractivity contribution in [3.63, 3.8) is 0 Å². The topological polar surface area (TPSA) is 12.9 Å². The highest BCUT2D eigenvalue weighted by molar-refractivity contribution is 6.31. The maximum Gasteiger partial charge on any atom is 0.131 e. The molecule has 1 heterocycles. The summed E-state index contributed by atoms with van der Waals surface area (Å²) in [6.07, 6.45) is 0. The van der Waals surface area contributed by atoms with Crippen LogP contribution in [0.5, 0.6) is 0 Å². The maximum absolute atomic E-state index is 14.6. The van der Waals surface area contributed by atoms with Gasteiger partial charge in [-0.15, -0.1) is 12.4 Å². The van der Waals surface area contributed by atoms with E-state index < -0.39 is 0 Å². The first-order valence-corrected chi connectivity index (χ1v) is 8.53. The van der Waals surface area contributed by atoms with Crippen LogP contribution in [0.2, 0.25) is 5.02 Å². The number of benzene rings is 3. The van der Waals surface area contributed by atoms with Crippen LogP contribution in [-0.2, 0) is 0 Å². The minimum absolute atomic E-state index is 0. The smallest absolute Gasteiger partial charge is 0.131 e. The molecule has 0 atom stereocenters. The fourth-order valence-corrected chi connectivity index (χ4v) is 3.40. The summed E-state index contributed by atoms with van der Waals surface area (Å²) < 4.78 is 27.9. The monoisotopic (exact) mass is 401 g/mol. The number of halogens is 4. The van der Waals surface area contributed by atoms with Gasteiger partial charge in [0.25, 0.3) is 0 Å². The SMILES string of the molecule is Cc1c(-c2ccc(F)cc2)nc2ccc(Cl)cc2c1-c1ccccc1F.Cl. The first kappa shape index (κ1) is 19.3. The number of rotatable bonds is 2. The molecule has 0 N–H and O–H groups in total. The minimum Gasteiger partial charge on any atom is -0.247 e. The van der Waals surface area contributed by atoms with Crippen molar-refractivity contribution in [1.29, 1.82) is 0 Å².